The predicted octanol–water partition coefficient (Wildman–Crippen LogP) is 3.75. The van der Waals surface area contributed by atoms with Crippen molar-refractivity contribution in [1.82, 2.24) is 0 Å². The van der Waals surface area contributed by atoms with Gasteiger partial charge in [0.15, 0.2) is 5.71 Å². The lowest BCUT2D eigenvalue weighted by molar-refractivity contribution is -0.462. The van der Waals surface area contributed by atoms with E-state index < -0.39 is 30.0 Å². The molecule has 0 saturated heterocycles. The van der Waals surface area contributed by atoms with Crippen molar-refractivity contribution in [3.63, 3.8) is 0 Å². The standard InChI is InChI=1S/C27H26N2O7S2/c1-28(2)20-10-5-17(6-11-20)25(18-7-12-21(13-8-18)29(3)4)27-23(30)14-9-19-15-22(37(31,32)33)16-24(26(19)27)38(34,35)36/h5-16H,1-4H3,(H2,31,32,33,34,35,36)/p+1. The Morgan fingerprint density at radius 3 is 1.92 bits per heavy atom. The van der Waals surface area contributed by atoms with Gasteiger partial charge >= 0.3 is 0 Å². The molecule has 0 aliphatic heterocycles. The van der Waals surface area contributed by atoms with Crippen molar-refractivity contribution in [2.75, 3.05) is 33.1 Å². The summed E-state index contributed by atoms with van der Waals surface area (Å²) in [5.41, 5.74) is 3.62. The number of anilines is 1. The van der Waals surface area contributed by atoms with E-state index in [-0.39, 0.29) is 22.1 Å². The van der Waals surface area contributed by atoms with Crippen LogP contribution in [0.15, 0.2) is 88.2 Å². The van der Waals surface area contributed by atoms with Crippen LogP contribution >= 0.6 is 0 Å². The van der Waals surface area contributed by atoms with E-state index in [1.165, 1.54) is 12.1 Å². The zero-order valence-electron chi connectivity index (χ0n) is 21.1. The minimum Gasteiger partial charge on any atom is -0.507 e. The molecule has 0 aromatic heterocycles. The molecule has 0 amide bonds. The first-order valence-corrected chi connectivity index (χ1v) is 14.2. The van der Waals surface area contributed by atoms with E-state index in [1.54, 1.807) is 0 Å². The highest BCUT2D eigenvalue weighted by Gasteiger charge is 2.26. The van der Waals surface area contributed by atoms with Crippen LogP contribution in [0.4, 0.5) is 5.69 Å². The number of benzene rings is 3. The molecule has 0 saturated carbocycles. The first-order chi connectivity index (χ1) is 17.7. The summed E-state index contributed by atoms with van der Waals surface area (Å²) in [6, 6.07) is 11.8. The number of phenolic OH excluding ortho intramolecular Hbond substituents is 1. The Balaban J connectivity index is 2.18. The second kappa shape index (κ2) is 9.84. The van der Waals surface area contributed by atoms with Crippen LogP contribution in [0.3, 0.4) is 0 Å². The van der Waals surface area contributed by atoms with Crippen molar-refractivity contribution in [3.05, 3.63) is 89.5 Å². The van der Waals surface area contributed by atoms with Crippen molar-refractivity contribution in [3.8, 4) is 5.75 Å². The molecule has 0 radical (unpaired) electrons. The third-order valence-corrected chi connectivity index (χ3v) is 7.91. The summed E-state index contributed by atoms with van der Waals surface area (Å²) < 4.78 is 70.4. The average Bonchev–Trinajstić information content (AvgIpc) is 2.84. The fraction of sp³-hybridized carbons (Fsp3) is 0.148. The summed E-state index contributed by atoms with van der Waals surface area (Å²) in [6.45, 7) is 0. The van der Waals surface area contributed by atoms with Crippen molar-refractivity contribution >= 4 is 48.0 Å². The normalized spacial score (nSPS) is 13.7. The summed E-state index contributed by atoms with van der Waals surface area (Å²) in [6.07, 6.45) is 7.38. The number of nitrogens with zero attached hydrogens (tertiary/aromatic N) is 2. The first-order valence-electron chi connectivity index (χ1n) is 11.4. The number of aromatic hydroxyl groups is 1. The number of fused-ring (bicyclic) bond motifs is 1. The van der Waals surface area contributed by atoms with E-state index in [4.69, 9.17) is 0 Å². The first kappa shape index (κ1) is 27.3. The van der Waals surface area contributed by atoms with E-state index in [0.29, 0.717) is 22.8 Å². The van der Waals surface area contributed by atoms with Crippen molar-refractivity contribution < 1.29 is 35.6 Å². The summed E-state index contributed by atoms with van der Waals surface area (Å²) in [5.74, 6) is -0.287. The fourth-order valence-electron chi connectivity index (χ4n) is 4.30. The molecule has 0 unspecified atom stereocenters. The minimum atomic E-state index is -5.00. The molecule has 4 rings (SSSR count). The highest BCUT2D eigenvalue weighted by atomic mass is 32.2. The van der Waals surface area contributed by atoms with Gasteiger partial charge in [0.2, 0.25) is 0 Å². The molecule has 38 heavy (non-hydrogen) atoms. The molecule has 1 aliphatic rings. The van der Waals surface area contributed by atoms with Crippen LogP contribution in [0.5, 0.6) is 5.75 Å². The van der Waals surface area contributed by atoms with Crippen LogP contribution in [0.2, 0.25) is 0 Å². The molecule has 0 bridgehead atoms. The van der Waals surface area contributed by atoms with Gasteiger partial charge in [-0.1, -0.05) is 18.2 Å². The van der Waals surface area contributed by atoms with Gasteiger partial charge in [-0.3, -0.25) is 9.11 Å². The Morgan fingerprint density at radius 1 is 0.816 bits per heavy atom. The highest BCUT2D eigenvalue weighted by Crippen LogP contribution is 2.43. The maximum atomic E-state index is 12.5. The lowest BCUT2D eigenvalue weighted by atomic mass is 9.87. The van der Waals surface area contributed by atoms with Crippen molar-refractivity contribution in [2.45, 2.75) is 9.79 Å². The van der Waals surface area contributed by atoms with Crippen molar-refractivity contribution in [1.29, 1.82) is 0 Å². The highest BCUT2D eigenvalue weighted by molar-refractivity contribution is 7.86. The summed E-state index contributed by atoms with van der Waals surface area (Å²) in [7, 11) is -2.24. The number of rotatable bonds is 5. The number of hydrogen-bond donors (Lipinski definition) is 3. The molecule has 0 fully saturated rings. The lowest BCUT2D eigenvalue weighted by Crippen LogP contribution is -2.10. The minimum absolute atomic E-state index is 0.0761. The van der Waals surface area contributed by atoms with E-state index in [0.717, 1.165) is 17.5 Å². The van der Waals surface area contributed by atoms with Crippen LogP contribution in [-0.2, 0) is 20.2 Å². The van der Waals surface area contributed by atoms with Crippen LogP contribution < -0.4 is 4.90 Å². The topological polar surface area (TPSA) is 135 Å². The third-order valence-electron chi connectivity index (χ3n) is 6.20. The molecular formula is C27H27N2O7S2+. The zero-order valence-corrected chi connectivity index (χ0v) is 22.7. The monoisotopic (exact) mass is 555 g/mol. The van der Waals surface area contributed by atoms with Crippen LogP contribution in [0.25, 0.3) is 16.3 Å². The van der Waals surface area contributed by atoms with Gasteiger partial charge in [0, 0.05) is 48.5 Å². The van der Waals surface area contributed by atoms with Crippen molar-refractivity contribution in [2.24, 2.45) is 0 Å². The van der Waals surface area contributed by atoms with Crippen LogP contribution in [0, 0.1) is 0 Å². The maximum Gasteiger partial charge on any atom is 0.295 e. The molecule has 1 aliphatic carbocycles. The van der Waals surface area contributed by atoms with Gasteiger partial charge in [-0.15, -0.1) is 0 Å². The molecule has 198 valence electrons. The zero-order chi connectivity index (χ0) is 28.0. The molecule has 0 heterocycles. The number of hydrogen-bond acceptors (Lipinski definition) is 6. The number of phenols is 1. The van der Waals surface area contributed by atoms with Gasteiger partial charge in [0.1, 0.15) is 24.7 Å². The van der Waals surface area contributed by atoms with E-state index in [2.05, 4.69) is 0 Å². The van der Waals surface area contributed by atoms with Gasteiger partial charge in [0.25, 0.3) is 20.2 Å². The Bertz CT molecular complexity index is 1780. The lowest BCUT2D eigenvalue weighted by Gasteiger charge is -2.20. The van der Waals surface area contributed by atoms with E-state index in [9.17, 15) is 31.0 Å². The molecule has 11 heteroatoms. The molecule has 3 aromatic carbocycles. The van der Waals surface area contributed by atoms with E-state index in [1.807, 2.05) is 86.2 Å². The molecule has 3 aromatic rings. The second-order valence-electron chi connectivity index (χ2n) is 9.19. The summed E-state index contributed by atoms with van der Waals surface area (Å²) >= 11 is 0. The summed E-state index contributed by atoms with van der Waals surface area (Å²) in [5, 5.41) is 11.1. The third kappa shape index (κ3) is 5.27. The van der Waals surface area contributed by atoms with Gasteiger partial charge < -0.3 is 10.0 Å². The number of allylic oxidation sites excluding steroid dienone is 5. The van der Waals surface area contributed by atoms with Gasteiger partial charge in [0.05, 0.1) is 4.90 Å². The van der Waals surface area contributed by atoms with Crippen LogP contribution in [-0.4, -0.2) is 69.5 Å². The summed E-state index contributed by atoms with van der Waals surface area (Å²) in [4.78, 5) is 0.445. The molecule has 9 nitrogen and oxygen atoms in total. The quantitative estimate of drug-likeness (QED) is 0.320. The SMILES string of the molecule is CN(C)c1ccc(C(=C2C=CC(=[N+](C)C)C=C2)c2c(O)ccc3cc(S(=O)(=O)O)cc(S(=O)(=O)O)c23)cc1. The van der Waals surface area contributed by atoms with Gasteiger partial charge in [-0.25, -0.2) is 4.58 Å². The average molecular weight is 556 g/mol. The Labute approximate surface area is 221 Å². The largest absolute Gasteiger partial charge is 0.507 e. The molecular weight excluding hydrogens is 528 g/mol. The molecule has 0 spiro atoms. The van der Waals surface area contributed by atoms with Gasteiger partial charge in [-0.05, 0) is 59.0 Å². The molecule has 0 atom stereocenters. The van der Waals surface area contributed by atoms with E-state index >= 15 is 0 Å². The second-order valence-corrected chi connectivity index (χ2v) is 12.0. The Kier molecular flexibility index (Phi) is 7.06. The smallest absolute Gasteiger partial charge is 0.295 e. The Hall–Kier alpha value is -3.77. The molecule has 3 N–H and O–H groups in total. The predicted molar refractivity (Wildman–Crippen MR) is 147 cm³/mol. The Morgan fingerprint density at radius 2 is 1.42 bits per heavy atom. The maximum absolute atomic E-state index is 12.5. The van der Waals surface area contributed by atoms with Crippen LogP contribution in [0.1, 0.15) is 11.1 Å². The van der Waals surface area contributed by atoms with Gasteiger partial charge in [-0.2, -0.15) is 16.8 Å². The fourth-order valence-corrected chi connectivity index (χ4v) is 5.67.